The normalized spacial score (nSPS) is 44.1. The molecule has 0 aliphatic carbocycles. The average Bonchev–Trinajstić information content (AvgIpc) is 2.63. The van der Waals surface area contributed by atoms with Gasteiger partial charge in [-0.15, -0.1) is 11.8 Å². The van der Waals surface area contributed by atoms with Crippen molar-refractivity contribution in [2.75, 3.05) is 12.3 Å². The molecule has 3 unspecified atom stereocenters. The first kappa shape index (κ1) is 10.8. The van der Waals surface area contributed by atoms with Gasteiger partial charge in [-0.1, -0.05) is 13.3 Å². The number of rotatable bonds is 2. The smallest absolute Gasteiger partial charge is 0.0774 e. The minimum absolute atomic E-state index is 0.293. The molecule has 0 amide bonds. The summed E-state index contributed by atoms with van der Waals surface area (Å²) in [5, 5.41) is 7.45. The van der Waals surface area contributed by atoms with Crippen molar-refractivity contribution >= 4 is 11.8 Å². The van der Waals surface area contributed by atoms with Crippen molar-refractivity contribution in [3.05, 3.63) is 0 Å². The minimum atomic E-state index is 0.293. The highest BCUT2D eigenvalue weighted by atomic mass is 32.2. The Hall–Kier alpha value is 0.270. The average molecular weight is 214 g/mol. The molecule has 2 nitrogen and oxygen atoms in total. The number of piperidine rings is 1. The van der Waals surface area contributed by atoms with Gasteiger partial charge in [-0.3, -0.25) is 5.32 Å². The predicted octanol–water partition coefficient (Wildman–Crippen LogP) is 1.96. The van der Waals surface area contributed by atoms with Crippen molar-refractivity contribution in [2.24, 2.45) is 0 Å². The Balaban J connectivity index is 1.94. The Morgan fingerprint density at radius 3 is 2.86 bits per heavy atom. The molecule has 0 aromatic heterocycles. The van der Waals surface area contributed by atoms with Gasteiger partial charge in [0.05, 0.1) is 4.87 Å². The third-order valence-electron chi connectivity index (χ3n) is 3.54. The number of hydrogen-bond donors (Lipinski definition) is 2. The lowest BCUT2D eigenvalue weighted by Crippen LogP contribution is -2.56. The highest BCUT2D eigenvalue weighted by molar-refractivity contribution is 8.00. The molecular weight excluding hydrogens is 192 g/mol. The summed E-state index contributed by atoms with van der Waals surface area (Å²) in [4.78, 5) is 0.293. The van der Waals surface area contributed by atoms with Crippen molar-refractivity contribution in [1.29, 1.82) is 0 Å². The fourth-order valence-electron chi connectivity index (χ4n) is 2.51. The first-order chi connectivity index (χ1) is 6.74. The largest absolute Gasteiger partial charge is 0.311 e. The maximum Gasteiger partial charge on any atom is 0.0774 e. The Bertz CT molecular complexity index is 192. The first-order valence-electron chi connectivity index (χ1n) is 5.89. The Kier molecular flexibility index (Phi) is 3.40. The van der Waals surface area contributed by atoms with Gasteiger partial charge in [-0.2, -0.15) is 0 Å². The van der Waals surface area contributed by atoms with E-state index in [1.165, 1.54) is 38.0 Å². The SMILES string of the molecule is CCC1CSC(C)(C2CCCCN2)N1. The first-order valence-corrected chi connectivity index (χ1v) is 6.88. The summed E-state index contributed by atoms with van der Waals surface area (Å²) < 4.78 is 0. The van der Waals surface area contributed by atoms with Crippen LogP contribution < -0.4 is 10.6 Å². The van der Waals surface area contributed by atoms with Gasteiger partial charge in [-0.25, -0.2) is 0 Å². The predicted molar refractivity (Wildman–Crippen MR) is 63.7 cm³/mol. The lowest BCUT2D eigenvalue weighted by Gasteiger charge is -2.37. The van der Waals surface area contributed by atoms with Crippen molar-refractivity contribution in [3.63, 3.8) is 0 Å². The summed E-state index contributed by atoms with van der Waals surface area (Å²) in [6, 6.07) is 1.41. The molecule has 2 aliphatic heterocycles. The molecule has 2 N–H and O–H groups in total. The van der Waals surface area contributed by atoms with E-state index in [1.54, 1.807) is 0 Å². The van der Waals surface area contributed by atoms with Gasteiger partial charge in [0.2, 0.25) is 0 Å². The van der Waals surface area contributed by atoms with Crippen molar-refractivity contribution < 1.29 is 0 Å². The van der Waals surface area contributed by atoms with Crippen LogP contribution in [0.4, 0.5) is 0 Å². The maximum absolute atomic E-state index is 3.79. The standard InChI is InChI=1S/C11H22N2S/c1-3-9-8-14-11(2,13-9)10-6-4-5-7-12-10/h9-10,12-13H,3-8H2,1-2H3. The molecule has 14 heavy (non-hydrogen) atoms. The lowest BCUT2D eigenvalue weighted by molar-refractivity contribution is 0.293. The molecule has 0 aromatic carbocycles. The zero-order valence-electron chi connectivity index (χ0n) is 9.31. The van der Waals surface area contributed by atoms with Crippen LogP contribution in [0.2, 0.25) is 0 Å². The van der Waals surface area contributed by atoms with Gasteiger partial charge in [0.1, 0.15) is 0 Å². The molecule has 2 aliphatic rings. The van der Waals surface area contributed by atoms with Crippen LogP contribution in [0.3, 0.4) is 0 Å². The van der Waals surface area contributed by atoms with E-state index >= 15 is 0 Å². The molecule has 3 heteroatoms. The number of thioether (sulfide) groups is 1. The third-order valence-corrected chi connectivity index (χ3v) is 5.11. The molecule has 0 bridgehead atoms. The summed E-state index contributed by atoms with van der Waals surface area (Å²) in [5.74, 6) is 1.28. The maximum atomic E-state index is 3.79. The molecule has 2 heterocycles. The third kappa shape index (κ3) is 2.10. The van der Waals surface area contributed by atoms with Crippen LogP contribution in [-0.4, -0.2) is 29.3 Å². The van der Waals surface area contributed by atoms with E-state index in [2.05, 4.69) is 36.2 Å². The Morgan fingerprint density at radius 2 is 2.29 bits per heavy atom. The second-order valence-electron chi connectivity index (χ2n) is 4.67. The van der Waals surface area contributed by atoms with E-state index in [4.69, 9.17) is 0 Å². The van der Waals surface area contributed by atoms with Gasteiger partial charge >= 0.3 is 0 Å². The fourth-order valence-corrected chi connectivity index (χ4v) is 4.02. The minimum Gasteiger partial charge on any atom is -0.311 e. The summed E-state index contributed by atoms with van der Waals surface area (Å²) in [6.45, 7) is 5.86. The van der Waals surface area contributed by atoms with Crippen molar-refractivity contribution in [3.8, 4) is 0 Å². The second-order valence-corrected chi connectivity index (χ2v) is 6.14. The quantitative estimate of drug-likeness (QED) is 0.735. The van der Waals surface area contributed by atoms with Crippen LogP contribution in [0.5, 0.6) is 0 Å². The number of hydrogen-bond acceptors (Lipinski definition) is 3. The summed E-state index contributed by atoms with van der Waals surface area (Å²) in [5.41, 5.74) is 0. The molecular formula is C11H22N2S. The van der Waals surface area contributed by atoms with Crippen LogP contribution in [0.1, 0.15) is 39.5 Å². The van der Waals surface area contributed by atoms with Crippen LogP contribution >= 0.6 is 11.8 Å². The molecule has 82 valence electrons. The Labute approximate surface area is 91.6 Å². The zero-order chi connectivity index (χ0) is 10.0. The second kappa shape index (κ2) is 4.42. The topological polar surface area (TPSA) is 24.1 Å². The highest BCUT2D eigenvalue weighted by Gasteiger charge is 2.41. The number of nitrogens with one attached hydrogen (secondary N) is 2. The molecule has 0 spiro atoms. The summed E-state index contributed by atoms with van der Waals surface area (Å²) in [7, 11) is 0. The zero-order valence-corrected chi connectivity index (χ0v) is 10.1. The van der Waals surface area contributed by atoms with Gasteiger partial charge in [0, 0.05) is 17.8 Å². The molecule has 0 saturated carbocycles. The van der Waals surface area contributed by atoms with E-state index in [1.807, 2.05) is 0 Å². The van der Waals surface area contributed by atoms with Crippen LogP contribution in [0.15, 0.2) is 0 Å². The van der Waals surface area contributed by atoms with E-state index in [0.717, 1.165) is 6.04 Å². The summed E-state index contributed by atoms with van der Waals surface area (Å²) >= 11 is 2.11. The summed E-state index contributed by atoms with van der Waals surface area (Å²) in [6.07, 6.45) is 5.35. The highest BCUT2D eigenvalue weighted by Crippen LogP contribution is 2.36. The molecule has 0 aromatic rings. The monoisotopic (exact) mass is 214 g/mol. The van der Waals surface area contributed by atoms with Crippen LogP contribution in [0.25, 0.3) is 0 Å². The lowest BCUT2D eigenvalue weighted by atomic mass is 9.98. The molecule has 2 saturated heterocycles. The van der Waals surface area contributed by atoms with Crippen LogP contribution in [0, 0.1) is 0 Å². The van der Waals surface area contributed by atoms with Crippen molar-refractivity contribution in [1.82, 2.24) is 10.6 Å². The Morgan fingerprint density at radius 1 is 1.43 bits per heavy atom. The van der Waals surface area contributed by atoms with Gasteiger partial charge in [0.25, 0.3) is 0 Å². The molecule has 3 atom stereocenters. The van der Waals surface area contributed by atoms with E-state index in [9.17, 15) is 0 Å². The van der Waals surface area contributed by atoms with E-state index in [0.29, 0.717) is 10.9 Å². The van der Waals surface area contributed by atoms with E-state index < -0.39 is 0 Å². The van der Waals surface area contributed by atoms with Gasteiger partial charge in [0.15, 0.2) is 0 Å². The van der Waals surface area contributed by atoms with Gasteiger partial charge in [-0.05, 0) is 32.7 Å². The molecule has 0 radical (unpaired) electrons. The molecule has 2 fully saturated rings. The fraction of sp³-hybridized carbons (Fsp3) is 1.00. The van der Waals surface area contributed by atoms with Crippen LogP contribution in [-0.2, 0) is 0 Å². The van der Waals surface area contributed by atoms with Gasteiger partial charge < -0.3 is 5.32 Å². The molecule has 2 rings (SSSR count). The van der Waals surface area contributed by atoms with E-state index in [-0.39, 0.29) is 0 Å². The van der Waals surface area contributed by atoms with Crippen molar-refractivity contribution in [2.45, 2.75) is 56.5 Å².